The van der Waals surface area contributed by atoms with Gasteiger partial charge in [-0.05, 0) is 76.1 Å². The van der Waals surface area contributed by atoms with Gasteiger partial charge in [0.15, 0.2) is 0 Å². The number of amides is 1. The second-order valence-electron chi connectivity index (χ2n) is 12.1. The van der Waals surface area contributed by atoms with Crippen LogP contribution in [0.4, 0.5) is 4.39 Å². The van der Waals surface area contributed by atoms with Crippen molar-refractivity contribution in [2.45, 2.75) is 89.3 Å². The standard InChI is InChI=1S/C33H46FN3O2/c1-22(2)39-31-15-14-29(34)32(28(31)19-35-3)26-20-36-21-27(26)33(38)37-17-16-25(23-10-6-4-7-11-23)18-30(37)24-12-8-5-9-13-24/h4,6-7,10-11,14-15,22,24-27,30,35-36H,5,8-9,12-13,16-21H2,1-3H3/t25-,26?,27-,30?/m1/s1. The zero-order valence-corrected chi connectivity index (χ0v) is 23.9. The molecule has 0 aromatic heterocycles. The van der Waals surface area contributed by atoms with E-state index < -0.39 is 0 Å². The molecule has 3 fully saturated rings. The fourth-order valence-corrected chi connectivity index (χ4v) is 7.46. The first-order valence-electron chi connectivity index (χ1n) is 15.2. The lowest BCUT2D eigenvalue weighted by Crippen LogP contribution is -2.52. The smallest absolute Gasteiger partial charge is 0.227 e. The van der Waals surface area contributed by atoms with E-state index >= 15 is 4.39 Å². The van der Waals surface area contributed by atoms with Gasteiger partial charge in [-0.3, -0.25) is 4.79 Å². The van der Waals surface area contributed by atoms with E-state index in [1.807, 2.05) is 20.9 Å². The molecule has 4 atom stereocenters. The van der Waals surface area contributed by atoms with Gasteiger partial charge in [0.2, 0.25) is 5.91 Å². The molecule has 212 valence electrons. The number of hydrogen-bond acceptors (Lipinski definition) is 4. The molecule has 2 saturated heterocycles. The summed E-state index contributed by atoms with van der Waals surface area (Å²) in [5.74, 6) is 1.23. The van der Waals surface area contributed by atoms with Crippen LogP contribution >= 0.6 is 0 Å². The number of nitrogens with zero attached hydrogens (tertiary/aromatic N) is 1. The number of hydrogen-bond donors (Lipinski definition) is 2. The summed E-state index contributed by atoms with van der Waals surface area (Å²) in [4.78, 5) is 16.7. The molecule has 2 heterocycles. The fraction of sp³-hybridized carbons (Fsp3) is 0.606. The lowest BCUT2D eigenvalue weighted by Gasteiger charge is -2.46. The zero-order chi connectivity index (χ0) is 27.4. The van der Waals surface area contributed by atoms with Crippen molar-refractivity contribution in [1.29, 1.82) is 0 Å². The lowest BCUT2D eigenvalue weighted by atomic mass is 9.74. The van der Waals surface area contributed by atoms with Crippen LogP contribution < -0.4 is 15.4 Å². The number of rotatable bonds is 8. The van der Waals surface area contributed by atoms with Crippen molar-refractivity contribution < 1.29 is 13.9 Å². The van der Waals surface area contributed by atoms with Gasteiger partial charge in [-0.2, -0.15) is 0 Å². The molecule has 2 aromatic rings. The van der Waals surface area contributed by atoms with E-state index in [2.05, 4.69) is 45.9 Å². The van der Waals surface area contributed by atoms with Crippen LogP contribution in [0, 0.1) is 17.7 Å². The normalized spacial score (nSPS) is 26.2. The van der Waals surface area contributed by atoms with Crippen LogP contribution in [0.3, 0.4) is 0 Å². The fourth-order valence-electron chi connectivity index (χ4n) is 7.46. The van der Waals surface area contributed by atoms with Crippen LogP contribution in [0.15, 0.2) is 42.5 Å². The Bertz CT molecular complexity index is 1100. The highest BCUT2D eigenvalue weighted by atomic mass is 19.1. The minimum absolute atomic E-state index is 0.0137. The average Bonchev–Trinajstić information content (AvgIpc) is 3.44. The van der Waals surface area contributed by atoms with Gasteiger partial charge >= 0.3 is 0 Å². The van der Waals surface area contributed by atoms with E-state index in [4.69, 9.17) is 4.74 Å². The van der Waals surface area contributed by atoms with Crippen LogP contribution in [-0.2, 0) is 11.3 Å². The van der Waals surface area contributed by atoms with Crippen LogP contribution in [0.1, 0.15) is 87.3 Å². The number of carbonyl (C=O) groups is 1. The first-order chi connectivity index (χ1) is 19.0. The summed E-state index contributed by atoms with van der Waals surface area (Å²) in [6.07, 6.45) is 8.23. The maximum atomic E-state index is 15.6. The van der Waals surface area contributed by atoms with Gasteiger partial charge in [0.05, 0.1) is 12.0 Å². The first kappa shape index (κ1) is 28.1. The predicted molar refractivity (Wildman–Crippen MR) is 155 cm³/mol. The minimum atomic E-state index is -0.274. The Morgan fingerprint density at radius 2 is 1.85 bits per heavy atom. The van der Waals surface area contributed by atoms with Crippen molar-refractivity contribution in [3.8, 4) is 5.75 Å². The molecule has 6 heteroatoms. The van der Waals surface area contributed by atoms with E-state index in [9.17, 15) is 4.79 Å². The van der Waals surface area contributed by atoms with Gasteiger partial charge < -0.3 is 20.3 Å². The molecule has 0 spiro atoms. The summed E-state index contributed by atoms with van der Waals surface area (Å²) in [6.45, 7) is 6.45. The quantitative estimate of drug-likeness (QED) is 0.436. The number of likely N-dealkylation sites (tertiary alicyclic amines) is 1. The first-order valence-corrected chi connectivity index (χ1v) is 15.2. The van der Waals surface area contributed by atoms with Crippen molar-refractivity contribution in [3.05, 3.63) is 65.0 Å². The Labute approximate surface area is 233 Å². The van der Waals surface area contributed by atoms with Crippen molar-refractivity contribution in [2.75, 3.05) is 26.7 Å². The molecule has 2 aliphatic heterocycles. The van der Waals surface area contributed by atoms with E-state index in [1.54, 1.807) is 6.07 Å². The third kappa shape index (κ3) is 6.17. The van der Waals surface area contributed by atoms with Gasteiger partial charge in [0, 0.05) is 49.3 Å². The van der Waals surface area contributed by atoms with Gasteiger partial charge in [-0.15, -0.1) is 0 Å². The molecular formula is C33H46FN3O2. The Balaban J connectivity index is 1.44. The topological polar surface area (TPSA) is 53.6 Å². The van der Waals surface area contributed by atoms with E-state index in [0.29, 0.717) is 42.8 Å². The molecule has 3 aliphatic rings. The molecule has 1 amide bonds. The molecular weight excluding hydrogens is 489 g/mol. The molecule has 39 heavy (non-hydrogen) atoms. The molecule has 2 unspecified atom stereocenters. The van der Waals surface area contributed by atoms with E-state index in [0.717, 1.165) is 24.9 Å². The van der Waals surface area contributed by atoms with Gasteiger partial charge in [-0.1, -0.05) is 49.6 Å². The van der Waals surface area contributed by atoms with Crippen LogP contribution in [0.2, 0.25) is 0 Å². The molecule has 2 aromatic carbocycles. The largest absolute Gasteiger partial charge is 0.491 e. The summed E-state index contributed by atoms with van der Waals surface area (Å²) in [5, 5.41) is 6.66. The lowest BCUT2D eigenvalue weighted by molar-refractivity contribution is -0.141. The van der Waals surface area contributed by atoms with Crippen LogP contribution in [-0.4, -0.2) is 49.6 Å². The summed E-state index contributed by atoms with van der Waals surface area (Å²) in [7, 11) is 1.87. The second kappa shape index (κ2) is 12.8. The Kier molecular flexibility index (Phi) is 9.24. The SMILES string of the molecule is CNCc1c(OC(C)C)ccc(F)c1C1CNC[C@H]1C(=O)N1CC[C@@H](c2ccccc2)CC1C1CCCCC1. The van der Waals surface area contributed by atoms with Crippen LogP contribution in [0.5, 0.6) is 5.75 Å². The van der Waals surface area contributed by atoms with Gasteiger partial charge in [-0.25, -0.2) is 4.39 Å². The zero-order valence-electron chi connectivity index (χ0n) is 23.9. The number of nitrogens with one attached hydrogen (secondary N) is 2. The molecule has 5 rings (SSSR count). The number of benzene rings is 2. The molecule has 5 nitrogen and oxygen atoms in total. The number of carbonyl (C=O) groups excluding carboxylic acids is 1. The van der Waals surface area contributed by atoms with Gasteiger partial charge in [0.1, 0.15) is 11.6 Å². The Morgan fingerprint density at radius 3 is 2.56 bits per heavy atom. The maximum Gasteiger partial charge on any atom is 0.227 e. The summed E-state index contributed by atoms with van der Waals surface area (Å²) < 4.78 is 21.7. The minimum Gasteiger partial charge on any atom is -0.491 e. The number of halogens is 1. The number of ether oxygens (including phenoxy) is 1. The van der Waals surface area contributed by atoms with Crippen molar-refractivity contribution in [1.82, 2.24) is 15.5 Å². The Hall–Kier alpha value is -2.44. The van der Waals surface area contributed by atoms with Gasteiger partial charge in [0.25, 0.3) is 0 Å². The number of piperidine rings is 1. The molecule has 2 N–H and O–H groups in total. The maximum absolute atomic E-state index is 15.6. The van der Waals surface area contributed by atoms with Crippen molar-refractivity contribution in [2.24, 2.45) is 11.8 Å². The molecule has 1 aliphatic carbocycles. The predicted octanol–water partition coefficient (Wildman–Crippen LogP) is 5.99. The Morgan fingerprint density at radius 1 is 1.08 bits per heavy atom. The second-order valence-corrected chi connectivity index (χ2v) is 12.1. The summed E-state index contributed by atoms with van der Waals surface area (Å²) >= 11 is 0. The highest BCUT2D eigenvalue weighted by Crippen LogP contribution is 2.42. The third-order valence-electron chi connectivity index (χ3n) is 9.27. The molecule has 0 radical (unpaired) electrons. The highest BCUT2D eigenvalue weighted by molar-refractivity contribution is 5.81. The van der Waals surface area contributed by atoms with E-state index in [1.165, 1.54) is 43.7 Å². The molecule has 1 saturated carbocycles. The van der Waals surface area contributed by atoms with E-state index in [-0.39, 0.29) is 35.7 Å². The monoisotopic (exact) mass is 535 g/mol. The summed E-state index contributed by atoms with van der Waals surface area (Å²) in [5.41, 5.74) is 2.87. The third-order valence-corrected chi connectivity index (χ3v) is 9.27. The highest BCUT2D eigenvalue weighted by Gasteiger charge is 2.44. The van der Waals surface area contributed by atoms with Crippen molar-refractivity contribution in [3.63, 3.8) is 0 Å². The average molecular weight is 536 g/mol. The van der Waals surface area contributed by atoms with Crippen molar-refractivity contribution >= 4 is 5.91 Å². The summed E-state index contributed by atoms with van der Waals surface area (Å²) in [6, 6.07) is 14.3. The molecule has 0 bridgehead atoms. The van der Waals surface area contributed by atoms with Crippen LogP contribution in [0.25, 0.3) is 0 Å².